The van der Waals surface area contributed by atoms with Crippen molar-refractivity contribution in [3.8, 4) is 0 Å². The van der Waals surface area contributed by atoms with Crippen LogP contribution in [-0.2, 0) is 14.8 Å². The van der Waals surface area contributed by atoms with Crippen LogP contribution in [0.5, 0.6) is 0 Å². The molecule has 128 valence electrons. The molecule has 5 nitrogen and oxygen atoms in total. The van der Waals surface area contributed by atoms with Gasteiger partial charge in [0, 0.05) is 11.1 Å². The minimum Gasteiger partial charge on any atom is -0.352 e. The van der Waals surface area contributed by atoms with Crippen molar-refractivity contribution in [1.82, 2.24) is 10.0 Å². The summed E-state index contributed by atoms with van der Waals surface area (Å²) >= 11 is 13.4. The monoisotopic (exact) mass is 396 g/mol. The van der Waals surface area contributed by atoms with Gasteiger partial charge >= 0.3 is 0 Å². The van der Waals surface area contributed by atoms with Crippen molar-refractivity contribution < 1.29 is 13.2 Å². The SMILES string of the molecule is CSCCC(NS(=O)(=O)c1cc(Cl)ccc1Cl)C(=O)NC1CC1. The van der Waals surface area contributed by atoms with Crippen LogP contribution in [0.15, 0.2) is 23.1 Å². The summed E-state index contributed by atoms with van der Waals surface area (Å²) in [6.07, 6.45) is 4.18. The van der Waals surface area contributed by atoms with Crippen molar-refractivity contribution in [2.75, 3.05) is 12.0 Å². The van der Waals surface area contributed by atoms with Crippen molar-refractivity contribution in [3.05, 3.63) is 28.2 Å². The molecule has 0 bridgehead atoms. The molecule has 1 aliphatic rings. The predicted molar refractivity (Wildman–Crippen MR) is 94.7 cm³/mol. The molecular weight excluding hydrogens is 379 g/mol. The summed E-state index contributed by atoms with van der Waals surface area (Å²) < 4.78 is 27.5. The lowest BCUT2D eigenvalue weighted by Crippen LogP contribution is -2.47. The Hall–Kier alpha value is -0.470. The normalized spacial score (nSPS) is 16.1. The van der Waals surface area contributed by atoms with Gasteiger partial charge in [0.2, 0.25) is 15.9 Å². The van der Waals surface area contributed by atoms with E-state index in [1.165, 1.54) is 18.2 Å². The van der Waals surface area contributed by atoms with E-state index in [-0.39, 0.29) is 26.9 Å². The van der Waals surface area contributed by atoms with E-state index in [9.17, 15) is 13.2 Å². The van der Waals surface area contributed by atoms with Gasteiger partial charge in [-0.25, -0.2) is 8.42 Å². The van der Waals surface area contributed by atoms with Crippen LogP contribution in [0.1, 0.15) is 19.3 Å². The Bertz CT molecular complexity index is 679. The maximum Gasteiger partial charge on any atom is 0.242 e. The second kappa shape index (κ2) is 8.07. The van der Waals surface area contributed by atoms with E-state index >= 15 is 0 Å². The molecule has 0 aliphatic heterocycles. The van der Waals surface area contributed by atoms with Crippen LogP contribution in [0.3, 0.4) is 0 Å². The average molecular weight is 397 g/mol. The highest BCUT2D eigenvalue weighted by Crippen LogP contribution is 2.25. The largest absolute Gasteiger partial charge is 0.352 e. The van der Waals surface area contributed by atoms with Gasteiger partial charge in [0.1, 0.15) is 10.9 Å². The number of carbonyl (C=O) groups is 1. The Balaban J connectivity index is 2.18. The average Bonchev–Trinajstić information content (AvgIpc) is 3.29. The van der Waals surface area contributed by atoms with Crippen LogP contribution in [0.25, 0.3) is 0 Å². The quantitative estimate of drug-likeness (QED) is 0.707. The van der Waals surface area contributed by atoms with Gasteiger partial charge < -0.3 is 5.32 Å². The molecule has 0 aromatic heterocycles. The van der Waals surface area contributed by atoms with Crippen LogP contribution in [0.2, 0.25) is 10.0 Å². The fourth-order valence-corrected chi connectivity index (χ4v) is 4.41. The summed E-state index contributed by atoms with van der Waals surface area (Å²) in [5, 5.41) is 3.15. The van der Waals surface area contributed by atoms with Crippen LogP contribution < -0.4 is 10.0 Å². The van der Waals surface area contributed by atoms with E-state index in [0.717, 1.165) is 12.8 Å². The van der Waals surface area contributed by atoms with Gasteiger partial charge in [-0.3, -0.25) is 4.79 Å². The number of sulfonamides is 1. The molecule has 9 heteroatoms. The molecule has 2 rings (SSSR count). The van der Waals surface area contributed by atoms with Crippen molar-refractivity contribution >= 4 is 50.9 Å². The van der Waals surface area contributed by atoms with E-state index in [0.29, 0.717) is 12.2 Å². The Morgan fingerprint density at radius 3 is 2.70 bits per heavy atom. The molecule has 23 heavy (non-hydrogen) atoms. The maximum atomic E-state index is 12.5. The number of carbonyl (C=O) groups excluding carboxylic acids is 1. The van der Waals surface area contributed by atoms with Crippen LogP contribution >= 0.6 is 35.0 Å². The first-order valence-corrected chi connectivity index (χ1v) is 10.7. The lowest BCUT2D eigenvalue weighted by Gasteiger charge is -2.18. The Kier molecular flexibility index (Phi) is 6.62. The summed E-state index contributed by atoms with van der Waals surface area (Å²) in [5.74, 6) is 0.359. The first-order chi connectivity index (χ1) is 10.8. The molecule has 1 aliphatic carbocycles. The van der Waals surface area contributed by atoms with Crippen molar-refractivity contribution in [2.45, 2.75) is 36.2 Å². The number of thioether (sulfide) groups is 1. The highest BCUT2D eigenvalue weighted by molar-refractivity contribution is 7.98. The zero-order valence-electron chi connectivity index (χ0n) is 12.5. The van der Waals surface area contributed by atoms with Gasteiger partial charge in [-0.2, -0.15) is 16.5 Å². The third-order valence-corrected chi connectivity index (χ3v) is 6.16. The molecule has 2 N–H and O–H groups in total. The zero-order chi connectivity index (χ0) is 17.0. The lowest BCUT2D eigenvalue weighted by atomic mass is 10.2. The first-order valence-electron chi connectivity index (χ1n) is 7.10. The molecule has 1 amide bonds. The van der Waals surface area contributed by atoms with E-state index < -0.39 is 16.1 Å². The van der Waals surface area contributed by atoms with Crippen molar-refractivity contribution in [3.63, 3.8) is 0 Å². The molecule has 1 fully saturated rings. The molecule has 1 aromatic carbocycles. The fraction of sp³-hybridized carbons (Fsp3) is 0.500. The standard InChI is InChI=1S/C14H18Cl2N2O3S2/c1-22-7-6-12(14(19)17-10-3-4-10)18-23(20,21)13-8-9(15)2-5-11(13)16/h2,5,8,10,12,18H,3-4,6-7H2,1H3,(H,17,19). The molecular formula is C14H18Cl2N2O3S2. The Morgan fingerprint density at radius 1 is 1.39 bits per heavy atom. The van der Waals surface area contributed by atoms with E-state index in [4.69, 9.17) is 23.2 Å². The Labute approximate surface area is 150 Å². The third-order valence-electron chi connectivity index (χ3n) is 3.33. The fourth-order valence-electron chi connectivity index (χ4n) is 1.94. The van der Waals surface area contributed by atoms with E-state index in [1.807, 2.05) is 6.26 Å². The number of amides is 1. The number of hydrogen-bond acceptors (Lipinski definition) is 4. The van der Waals surface area contributed by atoms with Crippen molar-refractivity contribution in [1.29, 1.82) is 0 Å². The summed E-state index contributed by atoms with van der Waals surface area (Å²) in [7, 11) is -3.94. The minimum atomic E-state index is -3.94. The van der Waals surface area contributed by atoms with Crippen molar-refractivity contribution in [2.24, 2.45) is 0 Å². The number of rotatable bonds is 8. The highest BCUT2D eigenvalue weighted by atomic mass is 35.5. The molecule has 0 radical (unpaired) electrons. The van der Waals surface area contributed by atoms with E-state index in [1.54, 1.807) is 11.8 Å². The second-order valence-electron chi connectivity index (χ2n) is 5.31. The summed E-state index contributed by atoms with van der Waals surface area (Å²) in [6, 6.07) is 3.53. The van der Waals surface area contributed by atoms with Crippen LogP contribution in [0, 0.1) is 0 Å². The molecule has 0 saturated heterocycles. The molecule has 1 saturated carbocycles. The van der Waals surface area contributed by atoms with Gasteiger partial charge in [-0.1, -0.05) is 23.2 Å². The van der Waals surface area contributed by atoms with Gasteiger partial charge in [0.15, 0.2) is 0 Å². The molecule has 1 unspecified atom stereocenters. The molecule has 1 aromatic rings. The Morgan fingerprint density at radius 2 is 2.09 bits per heavy atom. The summed E-state index contributed by atoms with van der Waals surface area (Å²) in [6.45, 7) is 0. The summed E-state index contributed by atoms with van der Waals surface area (Å²) in [4.78, 5) is 12.1. The third kappa shape index (κ3) is 5.53. The number of benzene rings is 1. The van der Waals surface area contributed by atoms with Crippen LogP contribution in [0.4, 0.5) is 0 Å². The van der Waals surface area contributed by atoms with Gasteiger partial charge in [-0.15, -0.1) is 0 Å². The molecule has 0 heterocycles. The highest BCUT2D eigenvalue weighted by Gasteiger charge is 2.31. The minimum absolute atomic E-state index is 0.0631. The topological polar surface area (TPSA) is 75.3 Å². The zero-order valence-corrected chi connectivity index (χ0v) is 15.7. The molecule has 0 spiro atoms. The maximum absolute atomic E-state index is 12.5. The smallest absolute Gasteiger partial charge is 0.242 e. The van der Waals surface area contributed by atoms with Crippen LogP contribution in [-0.4, -0.2) is 38.4 Å². The first kappa shape index (κ1) is 18.9. The van der Waals surface area contributed by atoms with E-state index in [2.05, 4.69) is 10.0 Å². The number of halogens is 2. The number of nitrogens with one attached hydrogen (secondary N) is 2. The molecule has 1 atom stereocenters. The summed E-state index contributed by atoms with van der Waals surface area (Å²) in [5.41, 5.74) is 0. The van der Waals surface area contributed by atoms with Gasteiger partial charge in [0.05, 0.1) is 5.02 Å². The van der Waals surface area contributed by atoms with Gasteiger partial charge in [0.25, 0.3) is 0 Å². The van der Waals surface area contributed by atoms with Gasteiger partial charge in [-0.05, 0) is 49.5 Å². The number of hydrogen-bond donors (Lipinski definition) is 2. The predicted octanol–water partition coefficient (Wildman–Crippen LogP) is 2.67. The second-order valence-corrected chi connectivity index (χ2v) is 8.82. The lowest BCUT2D eigenvalue weighted by molar-refractivity contribution is -0.122.